The molecule has 0 bridgehead atoms. The predicted octanol–water partition coefficient (Wildman–Crippen LogP) is 2.24. The van der Waals surface area contributed by atoms with Crippen LogP contribution in [0.15, 0.2) is 53.4 Å². The fourth-order valence-electron chi connectivity index (χ4n) is 3.50. The Bertz CT molecular complexity index is 1090. The van der Waals surface area contributed by atoms with Crippen LogP contribution in [0, 0.1) is 11.7 Å². The lowest BCUT2D eigenvalue weighted by Crippen LogP contribution is -2.52. The number of nitrogens with one attached hydrogen (secondary N) is 2. The Labute approximate surface area is 198 Å². The number of nitrogens with zero attached hydrogens (tertiary/aromatic N) is 1. The van der Waals surface area contributed by atoms with Crippen LogP contribution in [-0.4, -0.2) is 50.3 Å². The van der Waals surface area contributed by atoms with Gasteiger partial charge in [-0.25, -0.2) is 12.8 Å². The van der Waals surface area contributed by atoms with Gasteiger partial charge in [0.2, 0.25) is 15.9 Å². The van der Waals surface area contributed by atoms with Gasteiger partial charge in [-0.2, -0.15) is 4.31 Å². The number of amides is 2. The van der Waals surface area contributed by atoms with Crippen molar-refractivity contribution < 1.29 is 31.9 Å². The number of piperidine rings is 1. The summed E-state index contributed by atoms with van der Waals surface area (Å²) in [6.45, 7) is 4.16. The fraction of sp³-hybridized carbons (Fsp3) is 0.391. The van der Waals surface area contributed by atoms with E-state index in [1.165, 1.54) is 23.4 Å². The molecule has 0 saturated carbocycles. The summed E-state index contributed by atoms with van der Waals surface area (Å²) < 4.78 is 50.9. The van der Waals surface area contributed by atoms with Gasteiger partial charge in [-0.05, 0) is 75.2 Å². The largest absolute Gasteiger partial charge is 0.494 e. The zero-order chi connectivity index (χ0) is 24.7. The highest BCUT2D eigenvalue weighted by molar-refractivity contribution is 7.89. The second kappa shape index (κ2) is 11.3. The van der Waals surface area contributed by atoms with Crippen LogP contribution in [0.25, 0.3) is 0 Å². The van der Waals surface area contributed by atoms with Gasteiger partial charge in [-0.15, -0.1) is 0 Å². The highest BCUT2D eigenvalue weighted by atomic mass is 32.2. The van der Waals surface area contributed by atoms with Crippen LogP contribution in [0.5, 0.6) is 11.5 Å². The molecule has 2 aromatic rings. The van der Waals surface area contributed by atoms with E-state index in [2.05, 4.69) is 10.9 Å². The molecule has 2 N–H and O–H groups in total. The van der Waals surface area contributed by atoms with Crippen molar-refractivity contribution in [2.75, 3.05) is 19.7 Å². The minimum absolute atomic E-state index is 0.0384. The van der Waals surface area contributed by atoms with Crippen LogP contribution >= 0.6 is 0 Å². The number of benzene rings is 2. The Balaban J connectivity index is 1.51. The molecule has 1 heterocycles. The fourth-order valence-corrected chi connectivity index (χ4v) is 5.02. The molecule has 0 radical (unpaired) electrons. The van der Waals surface area contributed by atoms with E-state index >= 15 is 0 Å². The second-order valence-electron chi connectivity index (χ2n) is 7.80. The summed E-state index contributed by atoms with van der Waals surface area (Å²) in [6.07, 6.45) is 0.0546. The monoisotopic (exact) mass is 493 g/mol. The van der Waals surface area contributed by atoms with E-state index in [1.807, 2.05) is 6.92 Å². The summed E-state index contributed by atoms with van der Waals surface area (Å²) in [5.74, 6) is -1.10. The lowest BCUT2D eigenvalue weighted by molar-refractivity contribution is -0.134. The highest BCUT2D eigenvalue weighted by Gasteiger charge is 2.33. The van der Waals surface area contributed by atoms with E-state index in [0.29, 0.717) is 30.9 Å². The van der Waals surface area contributed by atoms with Gasteiger partial charge in [0.25, 0.3) is 5.91 Å². The van der Waals surface area contributed by atoms with Crippen LogP contribution in [-0.2, 0) is 19.6 Å². The van der Waals surface area contributed by atoms with Crippen LogP contribution in [0.1, 0.15) is 26.7 Å². The van der Waals surface area contributed by atoms with Crippen LogP contribution in [0.3, 0.4) is 0 Å². The normalized spacial score (nSPS) is 17.4. The SMILES string of the molecule is CCOc1ccc(OC(C)C(=O)NNC(=O)C2CCCN(S(=O)(=O)c3ccc(F)cc3)C2)cc1. The lowest BCUT2D eigenvalue weighted by atomic mass is 9.99. The first-order valence-corrected chi connectivity index (χ1v) is 12.4. The van der Waals surface area contributed by atoms with Crippen molar-refractivity contribution in [3.63, 3.8) is 0 Å². The van der Waals surface area contributed by atoms with Crippen molar-refractivity contribution in [2.24, 2.45) is 5.92 Å². The summed E-state index contributed by atoms with van der Waals surface area (Å²) in [4.78, 5) is 24.9. The van der Waals surface area contributed by atoms with Crippen LogP contribution in [0.2, 0.25) is 0 Å². The first-order chi connectivity index (χ1) is 16.2. The number of carbonyl (C=O) groups is 2. The molecule has 2 aromatic carbocycles. The van der Waals surface area contributed by atoms with Gasteiger partial charge in [-0.1, -0.05) is 0 Å². The maximum absolute atomic E-state index is 13.1. The topological polar surface area (TPSA) is 114 Å². The predicted molar refractivity (Wildman–Crippen MR) is 122 cm³/mol. The first-order valence-electron chi connectivity index (χ1n) is 11.0. The first kappa shape index (κ1) is 25.4. The van der Waals surface area contributed by atoms with E-state index in [9.17, 15) is 22.4 Å². The number of hydrazine groups is 1. The molecule has 0 spiro atoms. The van der Waals surface area contributed by atoms with Crippen molar-refractivity contribution >= 4 is 21.8 Å². The number of hydrogen-bond acceptors (Lipinski definition) is 6. The minimum atomic E-state index is -3.86. The van der Waals surface area contributed by atoms with E-state index < -0.39 is 39.7 Å². The molecule has 34 heavy (non-hydrogen) atoms. The molecule has 11 heteroatoms. The van der Waals surface area contributed by atoms with Gasteiger partial charge in [0, 0.05) is 13.1 Å². The quantitative estimate of drug-likeness (QED) is 0.546. The summed E-state index contributed by atoms with van der Waals surface area (Å²) in [7, 11) is -3.86. The Morgan fingerprint density at radius 2 is 1.74 bits per heavy atom. The maximum Gasteiger partial charge on any atom is 0.279 e. The van der Waals surface area contributed by atoms with Crippen LogP contribution in [0.4, 0.5) is 4.39 Å². The van der Waals surface area contributed by atoms with Gasteiger partial charge in [0.15, 0.2) is 6.10 Å². The third-order valence-corrected chi connectivity index (χ3v) is 7.21. The molecule has 0 aliphatic carbocycles. The highest BCUT2D eigenvalue weighted by Crippen LogP contribution is 2.24. The number of halogens is 1. The van der Waals surface area contributed by atoms with Crippen molar-refractivity contribution in [3.8, 4) is 11.5 Å². The molecule has 2 unspecified atom stereocenters. The molecule has 2 amide bonds. The number of ether oxygens (including phenoxy) is 2. The van der Waals surface area contributed by atoms with Gasteiger partial charge in [0.1, 0.15) is 17.3 Å². The molecule has 9 nitrogen and oxygen atoms in total. The summed E-state index contributed by atoms with van der Waals surface area (Å²) in [5, 5.41) is 0. The molecular formula is C23H28FN3O6S. The number of hydrogen-bond donors (Lipinski definition) is 2. The average molecular weight is 494 g/mol. The number of sulfonamides is 1. The molecule has 1 aliphatic heterocycles. The third-order valence-electron chi connectivity index (χ3n) is 5.33. The summed E-state index contributed by atoms with van der Waals surface area (Å²) in [6, 6.07) is 11.3. The Kier molecular flexibility index (Phi) is 8.46. The molecule has 1 saturated heterocycles. The molecule has 0 aromatic heterocycles. The molecule has 1 fully saturated rings. The van der Waals surface area contributed by atoms with Crippen molar-refractivity contribution in [1.29, 1.82) is 0 Å². The molecule has 3 rings (SSSR count). The minimum Gasteiger partial charge on any atom is -0.494 e. The average Bonchev–Trinajstić information content (AvgIpc) is 2.84. The van der Waals surface area contributed by atoms with Crippen molar-refractivity contribution in [3.05, 3.63) is 54.3 Å². The standard InChI is InChI=1S/C23H28FN3O6S/c1-3-32-19-8-10-20(11-9-19)33-16(2)22(28)25-26-23(29)17-5-4-14-27(15-17)34(30,31)21-12-6-18(24)7-13-21/h6-13,16-17H,3-5,14-15H2,1-2H3,(H,25,28)(H,26,29). The number of rotatable bonds is 8. The third kappa shape index (κ3) is 6.45. The van der Waals surface area contributed by atoms with Gasteiger partial charge in [0.05, 0.1) is 17.4 Å². The van der Waals surface area contributed by atoms with Crippen LogP contribution < -0.4 is 20.3 Å². The molecule has 2 atom stereocenters. The zero-order valence-corrected chi connectivity index (χ0v) is 19.8. The van der Waals surface area contributed by atoms with E-state index in [4.69, 9.17) is 9.47 Å². The van der Waals surface area contributed by atoms with E-state index in [1.54, 1.807) is 24.3 Å². The van der Waals surface area contributed by atoms with E-state index in [0.717, 1.165) is 12.1 Å². The lowest BCUT2D eigenvalue weighted by Gasteiger charge is -2.31. The second-order valence-corrected chi connectivity index (χ2v) is 9.74. The molecular weight excluding hydrogens is 465 g/mol. The molecule has 184 valence electrons. The molecule has 1 aliphatic rings. The Hall–Kier alpha value is -3.18. The Morgan fingerprint density at radius 3 is 2.38 bits per heavy atom. The Morgan fingerprint density at radius 1 is 1.09 bits per heavy atom. The zero-order valence-electron chi connectivity index (χ0n) is 19.0. The van der Waals surface area contributed by atoms with Gasteiger partial charge < -0.3 is 9.47 Å². The smallest absolute Gasteiger partial charge is 0.279 e. The van der Waals surface area contributed by atoms with Gasteiger partial charge >= 0.3 is 0 Å². The summed E-state index contributed by atoms with van der Waals surface area (Å²) in [5.41, 5.74) is 4.68. The number of carbonyl (C=O) groups excluding carboxylic acids is 2. The maximum atomic E-state index is 13.1. The van der Waals surface area contributed by atoms with Gasteiger partial charge in [-0.3, -0.25) is 20.4 Å². The summed E-state index contributed by atoms with van der Waals surface area (Å²) >= 11 is 0. The van der Waals surface area contributed by atoms with Crippen molar-refractivity contribution in [2.45, 2.75) is 37.7 Å². The van der Waals surface area contributed by atoms with E-state index in [-0.39, 0.29) is 18.0 Å². The van der Waals surface area contributed by atoms with Crippen molar-refractivity contribution in [1.82, 2.24) is 15.2 Å².